The van der Waals surface area contributed by atoms with Crippen LogP contribution in [0.3, 0.4) is 0 Å². The molecular formula is C43H54IrN3O3-. The molecule has 5 aromatic rings. The Morgan fingerprint density at radius 2 is 1.62 bits per heavy atom. The molecule has 0 spiro atoms. The molecule has 0 amide bonds. The molecule has 0 aliphatic heterocycles. The van der Waals surface area contributed by atoms with Crippen LogP contribution in [0.25, 0.3) is 44.2 Å². The van der Waals surface area contributed by atoms with Gasteiger partial charge < -0.3 is 9.52 Å². The van der Waals surface area contributed by atoms with Crippen molar-refractivity contribution in [2.24, 2.45) is 11.8 Å². The van der Waals surface area contributed by atoms with E-state index in [4.69, 9.17) is 9.40 Å². The Morgan fingerprint density at radius 1 is 0.940 bits per heavy atom. The van der Waals surface area contributed by atoms with E-state index in [1.54, 1.807) is 6.33 Å². The number of nitrogens with zero attached hydrogens (tertiary/aromatic N) is 3. The fraction of sp³-hybridized carbons (Fsp3) is 0.488. The third-order valence-electron chi connectivity index (χ3n) is 10.3. The summed E-state index contributed by atoms with van der Waals surface area (Å²) in [5.74, 6) is 1.18. The largest absolute Gasteiger partial charge is 0.512 e. The van der Waals surface area contributed by atoms with Crippen molar-refractivity contribution < 1.29 is 34.4 Å². The van der Waals surface area contributed by atoms with Gasteiger partial charge in [0.1, 0.15) is 23.0 Å². The summed E-state index contributed by atoms with van der Waals surface area (Å²) >= 11 is 0. The molecule has 1 saturated carbocycles. The average molecular weight is 853 g/mol. The van der Waals surface area contributed by atoms with E-state index in [0.717, 1.165) is 75.6 Å². The van der Waals surface area contributed by atoms with Crippen molar-refractivity contribution in [3.05, 3.63) is 77.4 Å². The van der Waals surface area contributed by atoms with E-state index < -0.39 is 0 Å². The minimum Gasteiger partial charge on any atom is -0.512 e. The summed E-state index contributed by atoms with van der Waals surface area (Å²) in [5.41, 5.74) is 8.70. The van der Waals surface area contributed by atoms with Gasteiger partial charge in [-0.25, -0.2) is 4.98 Å². The van der Waals surface area contributed by atoms with Crippen molar-refractivity contribution in [1.29, 1.82) is 0 Å². The number of pyridine rings is 1. The molecular weight excluding hydrogens is 799 g/mol. The standard InChI is InChI=1S/C30H30N3O.C13H24O2.Ir/c1-18-10-11-21-14-22(15-24(26(21)33-18)30(2,3)4)27-29-28(32-17-31-27)23-13-12-20(16-25(23)34-29)19-8-6-5-7-9-19;1-5-10(6-2)12(14)9-13(15)11(7-3)8-4;/h10-13,15-17,19H,5-9H2,1-4H3;9-11,14H,5-8H2,1-4H3;/q-1;;/b;12-9-;. The van der Waals surface area contributed by atoms with Gasteiger partial charge >= 0.3 is 0 Å². The van der Waals surface area contributed by atoms with Gasteiger partial charge in [0.05, 0.1) is 11.5 Å². The summed E-state index contributed by atoms with van der Waals surface area (Å²) in [4.78, 5) is 25.8. The molecule has 0 saturated heterocycles. The van der Waals surface area contributed by atoms with E-state index in [1.807, 2.05) is 40.7 Å². The minimum absolute atomic E-state index is 0. The van der Waals surface area contributed by atoms with Crippen molar-refractivity contribution in [1.82, 2.24) is 15.0 Å². The van der Waals surface area contributed by atoms with Crippen molar-refractivity contribution in [3.8, 4) is 11.3 Å². The number of aliphatic hydroxyl groups is 1. The maximum atomic E-state index is 11.7. The first-order valence-electron chi connectivity index (χ1n) is 18.4. The van der Waals surface area contributed by atoms with Crippen molar-refractivity contribution in [2.75, 3.05) is 0 Å². The van der Waals surface area contributed by atoms with Crippen LogP contribution in [0.1, 0.15) is 129 Å². The Morgan fingerprint density at radius 3 is 2.26 bits per heavy atom. The fourth-order valence-electron chi connectivity index (χ4n) is 7.21. The van der Waals surface area contributed by atoms with Gasteiger partial charge in [-0.1, -0.05) is 96.4 Å². The topological polar surface area (TPSA) is 89.1 Å². The third kappa shape index (κ3) is 8.72. The molecule has 0 unspecified atom stereocenters. The van der Waals surface area contributed by atoms with E-state index in [1.165, 1.54) is 49.3 Å². The Labute approximate surface area is 311 Å². The number of ketones is 1. The van der Waals surface area contributed by atoms with Crippen LogP contribution < -0.4 is 0 Å². The quantitative estimate of drug-likeness (QED) is 0.0902. The monoisotopic (exact) mass is 853 g/mol. The number of allylic oxidation sites excluding steroid dienone is 2. The van der Waals surface area contributed by atoms with Crippen LogP contribution in [0.4, 0.5) is 0 Å². The Hall–Kier alpha value is -3.41. The number of carbonyl (C=O) groups is 1. The summed E-state index contributed by atoms with van der Waals surface area (Å²) in [7, 11) is 0. The number of benzene rings is 2. The number of furan rings is 1. The number of aryl methyl sites for hydroxylation is 1. The zero-order chi connectivity index (χ0) is 35.3. The van der Waals surface area contributed by atoms with E-state index >= 15 is 0 Å². The molecule has 2 aromatic carbocycles. The van der Waals surface area contributed by atoms with Crippen LogP contribution >= 0.6 is 0 Å². The van der Waals surface area contributed by atoms with Crippen LogP contribution in [-0.2, 0) is 30.3 Å². The van der Waals surface area contributed by atoms with Gasteiger partial charge in [0.15, 0.2) is 5.78 Å². The Bertz CT molecular complexity index is 1940. The second kappa shape index (κ2) is 17.2. The fourth-order valence-corrected chi connectivity index (χ4v) is 7.21. The number of aliphatic hydroxyl groups excluding tert-OH is 1. The first-order valence-corrected chi connectivity index (χ1v) is 18.4. The van der Waals surface area contributed by atoms with Crippen molar-refractivity contribution >= 4 is 38.8 Å². The van der Waals surface area contributed by atoms with E-state index in [2.05, 4.69) is 67.1 Å². The number of aromatic nitrogens is 3. The van der Waals surface area contributed by atoms with Gasteiger partial charge in [0.25, 0.3) is 0 Å². The van der Waals surface area contributed by atoms with E-state index in [9.17, 15) is 9.90 Å². The summed E-state index contributed by atoms with van der Waals surface area (Å²) in [6.07, 6.45) is 13.1. The maximum Gasteiger partial charge on any atom is 0.162 e. The number of rotatable bonds is 9. The van der Waals surface area contributed by atoms with Gasteiger partial charge in [-0.15, -0.1) is 18.2 Å². The molecule has 3 aromatic heterocycles. The molecule has 1 radical (unpaired) electrons. The van der Waals surface area contributed by atoms with Crippen LogP contribution in [0, 0.1) is 24.8 Å². The molecule has 0 atom stereocenters. The van der Waals surface area contributed by atoms with Crippen LogP contribution in [0.15, 0.2) is 59.0 Å². The molecule has 0 bridgehead atoms. The summed E-state index contributed by atoms with van der Waals surface area (Å²) in [6, 6.07) is 16.6. The third-order valence-corrected chi connectivity index (χ3v) is 10.3. The van der Waals surface area contributed by atoms with Gasteiger partial charge in [0.2, 0.25) is 0 Å². The number of hydrogen-bond acceptors (Lipinski definition) is 6. The summed E-state index contributed by atoms with van der Waals surface area (Å²) < 4.78 is 6.47. The molecule has 1 aliphatic carbocycles. The number of hydrogen-bond donors (Lipinski definition) is 1. The van der Waals surface area contributed by atoms with Crippen LogP contribution in [0.2, 0.25) is 0 Å². The predicted molar refractivity (Wildman–Crippen MR) is 202 cm³/mol. The maximum absolute atomic E-state index is 11.7. The zero-order valence-corrected chi connectivity index (χ0v) is 33.5. The molecule has 6 nitrogen and oxygen atoms in total. The molecule has 1 aliphatic rings. The SMILES string of the molecule is CCC(CC)C(=O)/C=C(\O)C(CC)CC.Cc1ccc2[c-]c(-c3ncnc4c3oc3cc(C5CCCCC5)ccc34)cc(C(C)(C)C)c2n1.[Ir]. The first kappa shape index (κ1) is 39.4. The number of carbonyl (C=O) groups excluding carboxylic acids is 1. The average Bonchev–Trinajstić information content (AvgIpc) is 3.47. The summed E-state index contributed by atoms with van der Waals surface area (Å²) in [5, 5.41) is 11.8. The first-order chi connectivity index (χ1) is 23.5. The van der Waals surface area contributed by atoms with Gasteiger partial charge in [-0.05, 0) is 74.5 Å². The van der Waals surface area contributed by atoms with Crippen LogP contribution in [0.5, 0.6) is 0 Å². The smallest absolute Gasteiger partial charge is 0.162 e. The summed E-state index contributed by atoms with van der Waals surface area (Å²) in [6.45, 7) is 16.8. The molecule has 1 N–H and O–H groups in total. The predicted octanol–water partition coefficient (Wildman–Crippen LogP) is 11.9. The second-order valence-electron chi connectivity index (χ2n) is 14.8. The molecule has 50 heavy (non-hydrogen) atoms. The number of fused-ring (bicyclic) bond motifs is 4. The second-order valence-corrected chi connectivity index (χ2v) is 14.8. The van der Waals surface area contributed by atoms with Gasteiger partial charge in [-0.2, -0.15) is 0 Å². The molecule has 269 valence electrons. The van der Waals surface area contributed by atoms with Crippen molar-refractivity contribution in [2.45, 2.75) is 125 Å². The van der Waals surface area contributed by atoms with E-state index in [-0.39, 0.29) is 48.9 Å². The van der Waals surface area contributed by atoms with Gasteiger partial charge in [0, 0.05) is 54.6 Å². The molecule has 1 fully saturated rings. The normalized spacial score (nSPS) is 14.3. The zero-order valence-electron chi connectivity index (χ0n) is 31.2. The molecule has 6 rings (SSSR count). The van der Waals surface area contributed by atoms with Crippen LogP contribution in [-0.4, -0.2) is 25.8 Å². The minimum atomic E-state index is -0.0716. The van der Waals surface area contributed by atoms with Gasteiger partial charge in [-0.3, -0.25) is 14.8 Å². The van der Waals surface area contributed by atoms with E-state index in [0.29, 0.717) is 5.92 Å². The Kier molecular flexibility index (Phi) is 13.5. The molecule has 3 heterocycles. The van der Waals surface area contributed by atoms with Crippen molar-refractivity contribution in [3.63, 3.8) is 0 Å². The molecule has 7 heteroatoms. The Balaban J connectivity index is 0.000000301.